The highest BCUT2D eigenvalue weighted by Crippen LogP contribution is 2.33. The predicted octanol–water partition coefficient (Wildman–Crippen LogP) is 3.68. The van der Waals surface area contributed by atoms with Crippen LogP contribution in [0.4, 0.5) is 0 Å². The number of aromatic nitrogens is 2. The Morgan fingerprint density at radius 3 is 2.62 bits per heavy atom. The zero-order chi connectivity index (χ0) is 22.1. The van der Waals surface area contributed by atoms with Crippen molar-refractivity contribution in [3.63, 3.8) is 0 Å². The van der Waals surface area contributed by atoms with Gasteiger partial charge in [-0.2, -0.15) is 11.8 Å². The first-order valence-electron chi connectivity index (χ1n) is 11.3. The van der Waals surface area contributed by atoms with Crippen molar-refractivity contribution in [2.75, 3.05) is 32.4 Å². The third-order valence-electron chi connectivity index (χ3n) is 6.42. The molecule has 1 aliphatic heterocycles. The van der Waals surface area contributed by atoms with Crippen molar-refractivity contribution in [1.82, 2.24) is 19.8 Å². The Balaban J connectivity index is 1.22. The zero-order valence-corrected chi connectivity index (χ0v) is 20.0. The topological polar surface area (TPSA) is 69.3 Å². The predicted molar refractivity (Wildman–Crippen MR) is 132 cm³/mol. The molecule has 2 aliphatic rings. The largest absolute Gasteiger partial charge is 0.336 e. The first kappa shape index (κ1) is 21.7. The number of piperazine rings is 1. The van der Waals surface area contributed by atoms with Gasteiger partial charge in [0.15, 0.2) is 0 Å². The van der Waals surface area contributed by atoms with Crippen LogP contribution in [0.25, 0.3) is 10.2 Å². The Morgan fingerprint density at radius 1 is 1.12 bits per heavy atom. The molecule has 32 heavy (non-hydrogen) atoms. The fourth-order valence-electron chi connectivity index (χ4n) is 4.70. The molecule has 0 saturated carbocycles. The normalized spacial score (nSPS) is 17.0. The van der Waals surface area contributed by atoms with Crippen LogP contribution in [0.15, 0.2) is 29.1 Å². The van der Waals surface area contributed by atoms with E-state index in [2.05, 4.69) is 16.1 Å². The van der Waals surface area contributed by atoms with Crippen LogP contribution >= 0.6 is 23.1 Å². The van der Waals surface area contributed by atoms with Crippen molar-refractivity contribution >= 4 is 39.2 Å². The van der Waals surface area contributed by atoms with Crippen molar-refractivity contribution in [3.8, 4) is 0 Å². The molecule has 0 unspecified atom stereocenters. The van der Waals surface area contributed by atoms with Gasteiger partial charge in [0.25, 0.3) is 11.5 Å². The number of nitrogens with zero attached hydrogens (tertiary/aromatic N) is 3. The Labute approximate surface area is 196 Å². The highest BCUT2D eigenvalue weighted by molar-refractivity contribution is 7.97. The number of hydrogen-bond acceptors (Lipinski definition) is 6. The first-order chi connectivity index (χ1) is 15.6. The number of thiophene rings is 1. The summed E-state index contributed by atoms with van der Waals surface area (Å²) in [4.78, 5) is 39.9. The summed E-state index contributed by atoms with van der Waals surface area (Å²) in [6.45, 7) is 3.54. The molecule has 0 radical (unpaired) electrons. The van der Waals surface area contributed by atoms with Crippen LogP contribution in [0, 0.1) is 0 Å². The lowest BCUT2D eigenvalue weighted by molar-refractivity contribution is 0.0625. The van der Waals surface area contributed by atoms with Crippen molar-refractivity contribution < 1.29 is 4.79 Å². The summed E-state index contributed by atoms with van der Waals surface area (Å²) in [6, 6.07) is 7.96. The average Bonchev–Trinajstić information content (AvgIpc) is 3.19. The molecule has 1 saturated heterocycles. The molecule has 1 N–H and O–H groups in total. The lowest BCUT2D eigenvalue weighted by Crippen LogP contribution is -2.48. The standard InChI is InChI=1S/C24H28N4O2S2/c1-31-15-16-6-8-17(9-7-16)24(30)28-12-10-27(11-13-28)14-20-25-22(29)21-18-4-2-3-5-19(18)32-23(21)26-20/h6-9H,2-5,10-15H2,1H3,(H,25,26,29). The Bertz CT molecular complexity index is 1180. The quantitative estimate of drug-likeness (QED) is 0.619. The molecule has 0 bridgehead atoms. The van der Waals surface area contributed by atoms with Crippen LogP contribution in [0.5, 0.6) is 0 Å². The maximum Gasteiger partial charge on any atom is 0.259 e. The number of hydrogen-bond donors (Lipinski definition) is 1. The van der Waals surface area contributed by atoms with E-state index in [1.54, 1.807) is 23.1 Å². The number of carbonyl (C=O) groups excluding carboxylic acids is 1. The summed E-state index contributed by atoms with van der Waals surface area (Å²) < 4.78 is 0. The second kappa shape index (κ2) is 9.37. The Kier molecular flexibility index (Phi) is 6.35. The molecule has 2 aromatic heterocycles. The van der Waals surface area contributed by atoms with E-state index in [0.29, 0.717) is 19.6 Å². The molecular weight excluding hydrogens is 440 g/mol. The van der Waals surface area contributed by atoms with E-state index in [9.17, 15) is 9.59 Å². The number of aromatic amines is 1. The van der Waals surface area contributed by atoms with Crippen molar-refractivity contribution in [2.24, 2.45) is 0 Å². The number of carbonyl (C=O) groups is 1. The highest BCUT2D eigenvalue weighted by Gasteiger charge is 2.24. The summed E-state index contributed by atoms with van der Waals surface area (Å²) in [7, 11) is 0. The molecule has 3 heterocycles. The molecule has 1 aromatic carbocycles. The third-order valence-corrected chi connectivity index (χ3v) is 8.23. The van der Waals surface area contributed by atoms with E-state index < -0.39 is 0 Å². The maximum absolute atomic E-state index is 12.9. The third kappa shape index (κ3) is 4.36. The van der Waals surface area contributed by atoms with Crippen LogP contribution in [0.1, 0.15) is 45.0 Å². The van der Waals surface area contributed by atoms with Gasteiger partial charge in [-0.15, -0.1) is 11.3 Å². The maximum atomic E-state index is 12.9. The molecule has 0 atom stereocenters. The van der Waals surface area contributed by atoms with Gasteiger partial charge in [-0.1, -0.05) is 12.1 Å². The van der Waals surface area contributed by atoms with E-state index in [1.807, 2.05) is 29.2 Å². The monoisotopic (exact) mass is 468 g/mol. The van der Waals surface area contributed by atoms with Gasteiger partial charge >= 0.3 is 0 Å². The molecule has 3 aromatic rings. The lowest BCUT2D eigenvalue weighted by atomic mass is 9.97. The van der Waals surface area contributed by atoms with E-state index in [4.69, 9.17) is 4.98 Å². The molecule has 6 nitrogen and oxygen atoms in total. The van der Waals surface area contributed by atoms with Crippen LogP contribution in [0.2, 0.25) is 0 Å². The number of nitrogens with one attached hydrogen (secondary N) is 1. The second-order valence-electron chi connectivity index (χ2n) is 8.60. The summed E-state index contributed by atoms with van der Waals surface area (Å²) >= 11 is 3.47. The fraction of sp³-hybridized carbons (Fsp3) is 0.458. The van der Waals surface area contributed by atoms with Crippen LogP contribution < -0.4 is 5.56 Å². The molecule has 1 aliphatic carbocycles. The van der Waals surface area contributed by atoms with E-state index >= 15 is 0 Å². The van der Waals surface area contributed by atoms with E-state index in [-0.39, 0.29) is 11.5 Å². The molecular formula is C24H28N4O2S2. The molecule has 0 spiro atoms. The average molecular weight is 469 g/mol. The van der Waals surface area contributed by atoms with Crippen molar-refractivity contribution in [3.05, 3.63) is 62.0 Å². The number of aryl methyl sites for hydroxylation is 2. The number of fused-ring (bicyclic) bond motifs is 3. The number of rotatable bonds is 5. The lowest BCUT2D eigenvalue weighted by Gasteiger charge is -2.34. The Morgan fingerprint density at radius 2 is 1.88 bits per heavy atom. The zero-order valence-electron chi connectivity index (χ0n) is 18.4. The van der Waals surface area contributed by atoms with Gasteiger partial charge in [-0.25, -0.2) is 4.98 Å². The minimum atomic E-state index is 0.00290. The summed E-state index contributed by atoms with van der Waals surface area (Å²) in [5.74, 6) is 1.78. The first-order valence-corrected chi connectivity index (χ1v) is 13.5. The fourth-order valence-corrected chi connectivity index (χ4v) is 6.50. The van der Waals surface area contributed by atoms with Gasteiger partial charge in [0.2, 0.25) is 0 Å². The number of benzene rings is 1. The molecule has 1 fully saturated rings. The molecule has 1 amide bonds. The molecule has 5 rings (SSSR count). The number of H-pyrrole nitrogens is 1. The van der Waals surface area contributed by atoms with Crippen molar-refractivity contribution in [2.45, 2.75) is 38.0 Å². The van der Waals surface area contributed by atoms with E-state index in [0.717, 1.165) is 59.7 Å². The SMILES string of the molecule is CSCc1ccc(C(=O)N2CCN(Cc3nc4sc5c(c4c(=O)[nH]3)CCCC5)CC2)cc1. The van der Waals surface area contributed by atoms with Crippen molar-refractivity contribution in [1.29, 1.82) is 0 Å². The van der Waals surface area contributed by atoms with Gasteiger partial charge in [-0.05, 0) is 55.2 Å². The number of thioether (sulfide) groups is 1. The van der Waals surface area contributed by atoms with Gasteiger partial charge < -0.3 is 9.88 Å². The molecule has 168 valence electrons. The summed E-state index contributed by atoms with van der Waals surface area (Å²) in [6.07, 6.45) is 6.51. The van der Waals surface area contributed by atoms with Gasteiger partial charge in [0, 0.05) is 42.4 Å². The van der Waals surface area contributed by atoms with Gasteiger partial charge in [0.05, 0.1) is 11.9 Å². The summed E-state index contributed by atoms with van der Waals surface area (Å²) in [5.41, 5.74) is 3.22. The smallest absolute Gasteiger partial charge is 0.259 e. The second-order valence-corrected chi connectivity index (χ2v) is 10.6. The minimum Gasteiger partial charge on any atom is -0.336 e. The van der Waals surface area contributed by atoms with Gasteiger partial charge in [-0.3, -0.25) is 14.5 Å². The van der Waals surface area contributed by atoms with Crippen LogP contribution in [-0.2, 0) is 25.1 Å². The highest BCUT2D eigenvalue weighted by atomic mass is 32.2. The molecule has 8 heteroatoms. The minimum absolute atomic E-state index is 0.00290. The van der Waals surface area contributed by atoms with Crippen LogP contribution in [-0.4, -0.2) is 58.1 Å². The summed E-state index contributed by atoms with van der Waals surface area (Å²) in [5, 5.41) is 0.812. The number of amides is 1. The van der Waals surface area contributed by atoms with Crippen LogP contribution in [0.3, 0.4) is 0 Å². The van der Waals surface area contributed by atoms with Gasteiger partial charge in [0.1, 0.15) is 10.7 Å². The van der Waals surface area contributed by atoms with E-state index in [1.165, 1.54) is 22.4 Å². The Hall–Kier alpha value is -2.16.